The summed E-state index contributed by atoms with van der Waals surface area (Å²) < 4.78 is 30.6. The Morgan fingerprint density at radius 1 is 0.964 bits per heavy atom. The molecule has 6 nitrogen and oxygen atoms in total. The molecule has 0 bridgehead atoms. The van der Waals surface area contributed by atoms with Crippen molar-refractivity contribution in [1.29, 1.82) is 0 Å². The predicted octanol–water partition coefficient (Wildman–Crippen LogP) is 3.55. The van der Waals surface area contributed by atoms with Gasteiger partial charge in [-0.25, -0.2) is 13.1 Å². The topological polar surface area (TPSA) is 68.1 Å². The Morgan fingerprint density at radius 3 is 2.43 bits per heavy atom. The number of hydrogen-bond donors (Lipinski definition) is 0. The van der Waals surface area contributed by atoms with Gasteiger partial charge in [-0.05, 0) is 38.3 Å². The van der Waals surface area contributed by atoms with Crippen molar-refractivity contribution in [2.45, 2.75) is 49.7 Å². The van der Waals surface area contributed by atoms with Gasteiger partial charge in [-0.15, -0.1) is 5.10 Å². The van der Waals surface area contributed by atoms with Crippen LogP contribution in [0.3, 0.4) is 0 Å². The number of hydrogen-bond acceptors (Lipinski definition) is 4. The summed E-state index contributed by atoms with van der Waals surface area (Å²) in [5.74, 6) is 0. The first kappa shape index (κ1) is 17.6. The van der Waals surface area contributed by atoms with Gasteiger partial charge in [0.1, 0.15) is 5.69 Å². The van der Waals surface area contributed by atoms with Gasteiger partial charge < -0.3 is 0 Å². The lowest BCUT2D eigenvalue weighted by atomic mass is 10.1. The zero-order chi connectivity index (χ0) is 19.3. The normalized spacial score (nSPS) is 22.0. The van der Waals surface area contributed by atoms with Gasteiger partial charge in [0.2, 0.25) is 10.0 Å². The largest absolute Gasteiger partial charge is 0.243 e. The molecule has 7 heteroatoms. The Bertz CT molecular complexity index is 1110. The fourth-order valence-corrected chi connectivity index (χ4v) is 6.11. The maximum atomic E-state index is 13.5. The molecule has 1 aliphatic heterocycles. The number of sulfonamides is 1. The highest BCUT2D eigenvalue weighted by atomic mass is 32.2. The van der Waals surface area contributed by atoms with Gasteiger partial charge in [0.05, 0.1) is 23.2 Å². The second kappa shape index (κ2) is 6.53. The molecule has 144 valence electrons. The molecule has 3 aromatic rings. The highest BCUT2D eigenvalue weighted by Gasteiger charge is 2.45. The van der Waals surface area contributed by atoms with E-state index in [1.54, 1.807) is 16.4 Å². The molecular formula is C21H22N4O2S. The Labute approximate surface area is 164 Å². The minimum atomic E-state index is -3.59. The van der Waals surface area contributed by atoms with E-state index in [2.05, 4.69) is 10.3 Å². The first-order valence-electron chi connectivity index (χ1n) is 9.64. The minimum absolute atomic E-state index is 0.0499. The quantitative estimate of drug-likeness (QED) is 0.681. The molecule has 1 fully saturated rings. The lowest BCUT2D eigenvalue weighted by Crippen LogP contribution is -2.47. The third-order valence-electron chi connectivity index (χ3n) is 5.90. The molecule has 0 amide bonds. The number of benzene rings is 2. The summed E-state index contributed by atoms with van der Waals surface area (Å²) >= 11 is 0. The third-order valence-corrected chi connectivity index (χ3v) is 7.78. The monoisotopic (exact) mass is 394 g/mol. The number of aromatic nitrogens is 3. The standard InChI is InChI=1S/C21H22N4O2S/c1-15-10-12-17(13-11-15)28(26,27)24-14-20-21(16-6-3-2-4-7-16)22-23-25(20)19-9-5-8-18(19)24/h2-4,6-7,10-13,18-19H,5,8-9,14H2,1H3/t18-,19-/m0/s1. The number of aryl methyl sites for hydroxylation is 1. The summed E-state index contributed by atoms with van der Waals surface area (Å²) in [6.07, 6.45) is 2.78. The molecular weight excluding hydrogens is 372 g/mol. The van der Waals surface area contributed by atoms with Crippen LogP contribution in [-0.4, -0.2) is 33.8 Å². The molecule has 2 atom stereocenters. The van der Waals surface area contributed by atoms with Crippen LogP contribution in [0.5, 0.6) is 0 Å². The minimum Gasteiger partial charge on any atom is -0.243 e. The number of rotatable bonds is 3. The van der Waals surface area contributed by atoms with E-state index in [4.69, 9.17) is 0 Å². The van der Waals surface area contributed by atoms with Gasteiger partial charge in [-0.1, -0.05) is 53.2 Å². The lowest BCUT2D eigenvalue weighted by Gasteiger charge is -2.37. The van der Waals surface area contributed by atoms with Crippen LogP contribution >= 0.6 is 0 Å². The van der Waals surface area contributed by atoms with Crippen LogP contribution in [0.1, 0.15) is 36.6 Å². The maximum absolute atomic E-state index is 13.5. The van der Waals surface area contributed by atoms with Crippen LogP contribution in [0.2, 0.25) is 0 Å². The van der Waals surface area contributed by atoms with Gasteiger partial charge in [0.25, 0.3) is 0 Å². The summed E-state index contributed by atoms with van der Waals surface area (Å²) in [5, 5.41) is 8.84. The van der Waals surface area contributed by atoms with E-state index >= 15 is 0 Å². The maximum Gasteiger partial charge on any atom is 0.243 e. The molecule has 1 aromatic heterocycles. The van der Waals surface area contributed by atoms with Crippen molar-refractivity contribution in [2.75, 3.05) is 0 Å². The van der Waals surface area contributed by atoms with Crippen molar-refractivity contribution in [3.05, 3.63) is 65.9 Å². The van der Waals surface area contributed by atoms with E-state index in [9.17, 15) is 8.42 Å². The summed E-state index contributed by atoms with van der Waals surface area (Å²) in [6.45, 7) is 2.26. The van der Waals surface area contributed by atoms with Crippen molar-refractivity contribution in [3.63, 3.8) is 0 Å². The molecule has 0 spiro atoms. The lowest BCUT2D eigenvalue weighted by molar-refractivity contribution is 0.201. The van der Waals surface area contributed by atoms with E-state index in [-0.39, 0.29) is 12.1 Å². The number of nitrogens with zero attached hydrogens (tertiary/aromatic N) is 4. The molecule has 0 radical (unpaired) electrons. The van der Waals surface area contributed by atoms with Crippen molar-refractivity contribution >= 4 is 10.0 Å². The first-order chi connectivity index (χ1) is 13.6. The van der Waals surface area contributed by atoms with E-state index < -0.39 is 10.0 Å². The number of fused-ring (bicyclic) bond motifs is 3. The summed E-state index contributed by atoms with van der Waals surface area (Å²) in [6, 6.07) is 17.0. The SMILES string of the molecule is Cc1ccc(S(=O)(=O)N2Cc3c(-c4ccccc4)nnn3[C@H]3CCC[C@@H]32)cc1. The predicted molar refractivity (Wildman–Crippen MR) is 106 cm³/mol. The molecule has 0 N–H and O–H groups in total. The third kappa shape index (κ3) is 2.69. The molecule has 2 heterocycles. The van der Waals surface area contributed by atoms with E-state index in [1.165, 1.54) is 0 Å². The van der Waals surface area contributed by atoms with Gasteiger partial charge in [0.15, 0.2) is 0 Å². The Balaban J connectivity index is 1.61. The van der Waals surface area contributed by atoms with Gasteiger partial charge in [-0.2, -0.15) is 4.31 Å². The highest BCUT2D eigenvalue weighted by Crippen LogP contribution is 2.42. The first-order valence-corrected chi connectivity index (χ1v) is 11.1. The van der Waals surface area contributed by atoms with Gasteiger partial charge in [0, 0.05) is 11.6 Å². The molecule has 2 aliphatic rings. The average Bonchev–Trinajstić information content (AvgIpc) is 3.35. The molecule has 1 saturated carbocycles. The molecule has 5 rings (SSSR count). The van der Waals surface area contributed by atoms with E-state index in [0.29, 0.717) is 11.4 Å². The molecule has 0 unspecified atom stereocenters. The molecule has 1 aliphatic carbocycles. The van der Waals surface area contributed by atoms with Crippen LogP contribution in [0.25, 0.3) is 11.3 Å². The highest BCUT2D eigenvalue weighted by molar-refractivity contribution is 7.89. The Hall–Kier alpha value is -2.51. The van der Waals surface area contributed by atoms with Crippen LogP contribution in [0, 0.1) is 6.92 Å². The van der Waals surface area contributed by atoms with Crippen molar-refractivity contribution in [3.8, 4) is 11.3 Å². The zero-order valence-electron chi connectivity index (χ0n) is 15.7. The fraction of sp³-hybridized carbons (Fsp3) is 0.333. The Kier molecular flexibility index (Phi) is 4.10. The van der Waals surface area contributed by atoms with Crippen LogP contribution in [-0.2, 0) is 16.6 Å². The molecule has 0 saturated heterocycles. The van der Waals surface area contributed by atoms with Crippen LogP contribution in [0.4, 0.5) is 0 Å². The average molecular weight is 395 g/mol. The Morgan fingerprint density at radius 2 is 1.68 bits per heavy atom. The smallest absolute Gasteiger partial charge is 0.243 e. The zero-order valence-corrected chi connectivity index (χ0v) is 16.5. The van der Waals surface area contributed by atoms with E-state index in [0.717, 1.165) is 41.8 Å². The summed E-state index contributed by atoms with van der Waals surface area (Å²) in [7, 11) is -3.59. The van der Waals surface area contributed by atoms with Crippen LogP contribution in [0.15, 0.2) is 59.5 Å². The van der Waals surface area contributed by atoms with E-state index in [1.807, 2.05) is 54.1 Å². The fourth-order valence-electron chi connectivity index (χ4n) is 4.46. The second-order valence-corrected chi connectivity index (χ2v) is 9.51. The summed E-state index contributed by atoms with van der Waals surface area (Å²) in [5.41, 5.74) is 3.66. The van der Waals surface area contributed by atoms with Crippen molar-refractivity contribution < 1.29 is 8.42 Å². The molecule has 2 aromatic carbocycles. The van der Waals surface area contributed by atoms with Gasteiger partial charge in [-0.3, -0.25) is 0 Å². The van der Waals surface area contributed by atoms with Gasteiger partial charge >= 0.3 is 0 Å². The van der Waals surface area contributed by atoms with Crippen molar-refractivity contribution in [1.82, 2.24) is 19.3 Å². The van der Waals surface area contributed by atoms with Crippen molar-refractivity contribution in [2.24, 2.45) is 0 Å². The second-order valence-electron chi connectivity index (χ2n) is 7.62. The summed E-state index contributed by atoms with van der Waals surface area (Å²) in [4.78, 5) is 0.353. The van der Waals surface area contributed by atoms with Crippen LogP contribution < -0.4 is 0 Å². The molecule has 28 heavy (non-hydrogen) atoms.